The fraction of sp³-hybridized carbons (Fsp3) is 0.500. The normalized spacial score (nSPS) is 15.3. The Kier molecular flexibility index (Phi) is 8.25. The SMILES string of the molecule is CC1CCN(C(=N)N(CC(C)(C)CN)c2ccc(OCc3ccc(S(C)(=O)=O)cc3)cc2)CC1. The fourth-order valence-electron chi connectivity index (χ4n) is 3.89. The first-order valence-electron chi connectivity index (χ1n) is 11.8. The predicted octanol–water partition coefficient (Wildman–Crippen LogP) is 4.13. The molecule has 1 aliphatic rings. The molecule has 1 heterocycles. The standard InChI is InChI=1S/C26H38N4O3S/c1-20-13-15-29(16-14-20)25(28)30(19-26(2,3)18-27)22-7-9-23(10-8-22)33-17-21-5-11-24(12-6-21)34(4,31)32/h5-12,20,28H,13-19,27H2,1-4H3. The molecule has 8 heteroatoms. The van der Waals surface area contributed by atoms with Gasteiger partial charge in [-0.15, -0.1) is 0 Å². The molecule has 1 fully saturated rings. The number of nitrogens with two attached hydrogens (primary N) is 1. The van der Waals surface area contributed by atoms with Crippen molar-refractivity contribution < 1.29 is 13.2 Å². The zero-order valence-corrected chi connectivity index (χ0v) is 21.6. The molecular weight excluding hydrogens is 448 g/mol. The van der Waals surface area contributed by atoms with Crippen molar-refractivity contribution in [2.24, 2.45) is 17.1 Å². The lowest BCUT2D eigenvalue weighted by Gasteiger charge is -2.40. The Bertz CT molecular complexity index is 1060. The van der Waals surface area contributed by atoms with Crippen molar-refractivity contribution in [1.29, 1.82) is 5.41 Å². The predicted molar refractivity (Wildman–Crippen MR) is 138 cm³/mol. The number of anilines is 1. The van der Waals surface area contributed by atoms with Crippen LogP contribution >= 0.6 is 0 Å². The van der Waals surface area contributed by atoms with Crippen LogP contribution in [0.15, 0.2) is 53.4 Å². The van der Waals surface area contributed by atoms with Crippen LogP contribution < -0.4 is 15.4 Å². The number of hydrogen-bond acceptors (Lipinski definition) is 5. The van der Waals surface area contributed by atoms with Crippen LogP contribution in [0.2, 0.25) is 0 Å². The first kappa shape index (κ1) is 26.0. The summed E-state index contributed by atoms with van der Waals surface area (Å²) in [7, 11) is -3.21. The number of nitrogens with one attached hydrogen (secondary N) is 1. The summed E-state index contributed by atoms with van der Waals surface area (Å²) < 4.78 is 29.1. The van der Waals surface area contributed by atoms with Crippen LogP contribution in [0.5, 0.6) is 5.75 Å². The number of nitrogens with zero attached hydrogens (tertiary/aromatic N) is 2. The van der Waals surface area contributed by atoms with Gasteiger partial charge >= 0.3 is 0 Å². The molecule has 3 N–H and O–H groups in total. The van der Waals surface area contributed by atoms with Crippen LogP contribution in [0.3, 0.4) is 0 Å². The summed E-state index contributed by atoms with van der Waals surface area (Å²) in [6.07, 6.45) is 3.41. The number of rotatable bonds is 8. The minimum Gasteiger partial charge on any atom is -0.489 e. The summed E-state index contributed by atoms with van der Waals surface area (Å²) in [4.78, 5) is 4.51. The lowest BCUT2D eigenvalue weighted by molar-refractivity contribution is 0.272. The number of ether oxygens (including phenoxy) is 1. The number of guanidine groups is 1. The van der Waals surface area contributed by atoms with E-state index in [9.17, 15) is 8.42 Å². The van der Waals surface area contributed by atoms with Crippen LogP contribution in [0.4, 0.5) is 5.69 Å². The van der Waals surface area contributed by atoms with Gasteiger partial charge in [-0.1, -0.05) is 32.9 Å². The third kappa shape index (κ3) is 6.96. The van der Waals surface area contributed by atoms with E-state index in [-0.39, 0.29) is 5.41 Å². The first-order chi connectivity index (χ1) is 16.0. The van der Waals surface area contributed by atoms with Gasteiger partial charge in [0.05, 0.1) is 4.90 Å². The largest absolute Gasteiger partial charge is 0.489 e. The smallest absolute Gasteiger partial charge is 0.198 e. The molecule has 7 nitrogen and oxygen atoms in total. The molecule has 0 aliphatic carbocycles. The summed E-state index contributed by atoms with van der Waals surface area (Å²) in [6, 6.07) is 14.5. The lowest BCUT2D eigenvalue weighted by Crippen LogP contribution is -2.51. The average molecular weight is 487 g/mol. The van der Waals surface area contributed by atoms with Crippen LogP contribution in [-0.2, 0) is 16.4 Å². The molecule has 0 atom stereocenters. The number of hydrogen-bond donors (Lipinski definition) is 2. The molecule has 3 rings (SSSR count). The number of benzene rings is 2. The van der Waals surface area contributed by atoms with Gasteiger partial charge in [0.25, 0.3) is 0 Å². The van der Waals surface area contributed by atoms with Crippen LogP contribution in [-0.4, -0.2) is 51.7 Å². The second-order valence-corrected chi connectivity index (χ2v) is 12.2. The highest BCUT2D eigenvalue weighted by molar-refractivity contribution is 7.90. The molecule has 1 saturated heterocycles. The fourth-order valence-corrected chi connectivity index (χ4v) is 4.52. The zero-order chi connectivity index (χ0) is 24.9. The molecule has 0 radical (unpaired) electrons. The van der Waals surface area contributed by atoms with Gasteiger partial charge in [-0.05, 0) is 72.7 Å². The number of piperidine rings is 1. The second-order valence-electron chi connectivity index (χ2n) is 10.1. The molecule has 0 spiro atoms. The number of sulfone groups is 1. The van der Waals surface area contributed by atoms with E-state index in [0.717, 1.165) is 37.2 Å². The maximum atomic E-state index is 11.6. The van der Waals surface area contributed by atoms with E-state index < -0.39 is 9.84 Å². The van der Waals surface area contributed by atoms with E-state index in [4.69, 9.17) is 15.9 Å². The van der Waals surface area contributed by atoms with Gasteiger partial charge in [0, 0.05) is 31.6 Å². The van der Waals surface area contributed by atoms with Crippen molar-refractivity contribution in [3.05, 3.63) is 54.1 Å². The van der Waals surface area contributed by atoms with E-state index in [0.29, 0.717) is 42.2 Å². The monoisotopic (exact) mass is 486 g/mol. The Morgan fingerprint density at radius 2 is 1.71 bits per heavy atom. The molecule has 2 aromatic carbocycles. The molecule has 0 saturated carbocycles. The highest BCUT2D eigenvalue weighted by Crippen LogP contribution is 2.27. The van der Waals surface area contributed by atoms with E-state index >= 15 is 0 Å². The summed E-state index contributed by atoms with van der Waals surface area (Å²) in [5.41, 5.74) is 7.71. The van der Waals surface area contributed by atoms with Gasteiger partial charge in [-0.2, -0.15) is 0 Å². The van der Waals surface area contributed by atoms with Crippen molar-refractivity contribution in [2.75, 3.05) is 37.3 Å². The summed E-state index contributed by atoms with van der Waals surface area (Å²) in [5, 5.41) is 8.94. The quantitative estimate of drug-likeness (QED) is 0.430. The second kappa shape index (κ2) is 10.8. The first-order valence-corrected chi connectivity index (χ1v) is 13.7. The molecule has 0 aromatic heterocycles. The van der Waals surface area contributed by atoms with Crippen LogP contribution in [0.1, 0.15) is 39.2 Å². The van der Waals surface area contributed by atoms with E-state index in [1.807, 2.05) is 24.3 Å². The maximum absolute atomic E-state index is 11.6. The molecule has 0 unspecified atom stereocenters. The summed E-state index contributed by atoms with van der Waals surface area (Å²) in [6.45, 7) is 9.85. The van der Waals surface area contributed by atoms with Crippen LogP contribution in [0.25, 0.3) is 0 Å². The Morgan fingerprint density at radius 1 is 1.12 bits per heavy atom. The highest BCUT2D eigenvalue weighted by Gasteiger charge is 2.28. The van der Waals surface area contributed by atoms with E-state index in [2.05, 4.69) is 30.6 Å². The van der Waals surface area contributed by atoms with E-state index in [1.165, 1.54) is 6.26 Å². The maximum Gasteiger partial charge on any atom is 0.198 e. The Labute approximate surface area is 204 Å². The van der Waals surface area contributed by atoms with Gasteiger partial charge in [0.15, 0.2) is 15.8 Å². The van der Waals surface area contributed by atoms with Gasteiger partial charge < -0.3 is 20.3 Å². The topological polar surface area (TPSA) is 99.7 Å². The molecule has 186 valence electrons. The lowest BCUT2D eigenvalue weighted by atomic mass is 9.92. The van der Waals surface area contributed by atoms with Gasteiger partial charge in [0.1, 0.15) is 12.4 Å². The van der Waals surface area contributed by atoms with Crippen molar-refractivity contribution >= 4 is 21.5 Å². The molecule has 0 bridgehead atoms. The minimum atomic E-state index is -3.21. The number of likely N-dealkylation sites (tertiary alicyclic amines) is 1. The Hall–Kier alpha value is -2.58. The zero-order valence-electron chi connectivity index (χ0n) is 20.8. The van der Waals surface area contributed by atoms with Gasteiger partial charge in [-0.25, -0.2) is 8.42 Å². The van der Waals surface area contributed by atoms with Crippen molar-refractivity contribution in [2.45, 2.75) is 45.1 Å². The molecule has 1 aliphatic heterocycles. The summed E-state index contributed by atoms with van der Waals surface area (Å²) in [5.74, 6) is 1.94. The Morgan fingerprint density at radius 3 is 2.24 bits per heavy atom. The molecular formula is C26H38N4O3S. The van der Waals surface area contributed by atoms with Crippen LogP contribution in [0, 0.1) is 16.7 Å². The molecule has 34 heavy (non-hydrogen) atoms. The van der Waals surface area contributed by atoms with Crippen molar-refractivity contribution in [3.63, 3.8) is 0 Å². The Balaban J connectivity index is 1.70. The third-order valence-electron chi connectivity index (χ3n) is 6.38. The minimum absolute atomic E-state index is 0.136. The summed E-state index contributed by atoms with van der Waals surface area (Å²) >= 11 is 0. The molecule has 2 aromatic rings. The molecule has 0 amide bonds. The van der Waals surface area contributed by atoms with Gasteiger partial charge in [0.2, 0.25) is 0 Å². The van der Waals surface area contributed by atoms with Gasteiger partial charge in [-0.3, -0.25) is 5.41 Å². The van der Waals surface area contributed by atoms with Crippen molar-refractivity contribution in [1.82, 2.24) is 4.90 Å². The average Bonchev–Trinajstić information content (AvgIpc) is 2.81. The highest BCUT2D eigenvalue weighted by atomic mass is 32.2. The van der Waals surface area contributed by atoms with Crippen molar-refractivity contribution in [3.8, 4) is 5.75 Å². The third-order valence-corrected chi connectivity index (χ3v) is 7.51. The van der Waals surface area contributed by atoms with E-state index in [1.54, 1.807) is 24.3 Å².